The average molecular weight is 555 g/mol. The predicted molar refractivity (Wildman–Crippen MR) is 141 cm³/mol. The van der Waals surface area contributed by atoms with E-state index in [0.717, 1.165) is 49.8 Å². The van der Waals surface area contributed by atoms with Crippen LogP contribution in [0.1, 0.15) is 5.56 Å². The van der Waals surface area contributed by atoms with Crippen molar-refractivity contribution >= 4 is 67.5 Å². The van der Waals surface area contributed by atoms with Crippen LogP contribution in [-0.2, 0) is 4.43 Å². The minimum Gasteiger partial charge on any atom is -0.383 e. The van der Waals surface area contributed by atoms with Gasteiger partial charge in [-0.2, -0.15) is 5.10 Å². The summed E-state index contributed by atoms with van der Waals surface area (Å²) in [6, 6.07) is 20.2. The van der Waals surface area contributed by atoms with E-state index in [1.807, 2.05) is 48.7 Å². The van der Waals surface area contributed by atoms with Crippen LogP contribution >= 0.6 is 34.2 Å². The van der Waals surface area contributed by atoms with Crippen LogP contribution in [0, 0.1) is 0 Å². The molecule has 2 heterocycles. The van der Waals surface area contributed by atoms with E-state index in [0.29, 0.717) is 17.4 Å². The smallest absolute Gasteiger partial charge is 0.163 e. The number of para-hydroxylation sites is 1. The lowest BCUT2D eigenvalue weighted by molar-refractivity contribution is 1.06. The zero-order valence-electron chi connectivity index (χ0n) is 17.1. The molecule has 6 nitrogen and oxygen atoms in total. The maximum atomic E-state index is 6.55. The highest BCUT2D eigenvalue weighted by Gasteiger charge is 2.12. The van der Waals surface area contributed by atoms with Gasteiger partial charge in [0.05, 0.1) is 22.3 Å². The number of halogens is 2. The number of aromatic nitrogens is 4. The molecule has 0 bridgehead atoms. The monoisotopic (exact) mass is 554 g/mol. The number of nitrogens with zero attached hydrogens (tertiary/aromatic N) is 3. The van der Waals surface area contributed by atoms with Gasteiger partial charge in [0, 0.05) is 39.5 Å². The summed E-state index contributed by atoms with van der Waals surface area (Å²) in [7, 11) is 0. The average Bonchev–Trinajstić information content (AvgIpc) is 3.29. The Hall–Kier alpha value is -2.91. The number of anilines is 2. The van der Waals surface area contributed by atoms with Crippen LogP contribution in [0.3, 0.4) is 0 Å². The zero-order valence-corrected chi connectivity index (χ0v) is 20.0. The summed E-state index contributed by atoms with van der Waals surface area (Å²) in [6.45, 7) is 1.43. The molecule has 5 aromatic rings. The second-order valence-electron chi connectivity index (χ2n) is 7.39. The van der Waals surface area contributed by atoms with Crippen LogP contribution in [0.25, 0.3) is 33.2 Å². The molecule has 0 aliphatic heterocycles. The third-order valence-electron chi connectivity index (χ3n) is 5.22. The van der Waals surface area contributed by atoms with Crippen LogP contribution in [0.15, 0.2) is 66.9 Å². The van der Waals surface area contributed by atoms with Crippen molar-refractivity contribution in [3.05, 3.63) is 77.4 Å². The van der Waals surface area contributed by atoms with Gasteiger partial charge in [-0.25, -0.2) is 9.97 Å². The molecule has 3 aromatic carbocycles. The number of nitrogens with one attached hydrogen (secondary N) is 3. The predicted octanol–water partition coefficient (Wildman–Crippen LogP) is 6.29. The maximum absolute atomic E-state index is 6.55. The lowest BCUT2D eigenvalue weighted by atomic mass is 10.1. The van der Waals surface area contributed by atoms with Crippen molar-refractivity contribution in [1.82, 2.24) is 20.2 Å². The van der Waals surface area contributed by atoms with Crippen molar-refractivity contribution < 1.29 is 0 Å². The molecule has 0 unspecified atom stereocenters. The molecule has 0 radical (unpaired) electrons. The number of benzene rings is 3. The fourth-order valence-corrected chi connectivity index (χ4v) is 4.35. The minimum absolute atomic E-state index is 0.619. The second-order valence-corrected chi connectivity index (χ2v) is 8.56. The van der Waals surface area contributed by atoms with Crippen molar-refractivity contribution in [3.63, 3.8) is 0 Å². The zero-order chi connectivity index (χ0) is 21.9. The van der Waals surface area contributed by atoms with Gasteiger partial charge in [-0.05, 0) is 48.0 Å². The number of fused-ring (bicyclic) bond motifs is 2. The highest BCUT2D eigenvalue weighted by Crippen LogP contribution is 2.30. The summed E-state index contributed by atoms with van der Waals surface area (Å²) in [5.41, 5.74) is 4.95. The molecule has 0 aliphatic rings. The van der Waals surface area contributed by atoms with Gasteiger partial charge in [0.1, 0.15) is 5.82 Å². The maximum Gasteiger partial charge on any atom is 0.163 e. The molecule has 0 saturated heterocycles. The highest BCUT2D eigenvalue weighted by atomic mass is 127. The standard InChI is InChI=1S/C24H20ClIN6/c25-20-11-15(13-26)5-8-18(20)24-30-21-4-2-1-3-19(21)23(31-24)28-10-9-27-17-7-6-16-14-29-32-22(16)12-17/h1-8,11-12,14,27H,9-10,13H2,(H,29,32)(H,28,30,31). The van der Waals surface area contributed by atoms with Crippen molar-refractivity contribution in [2.75, 3.05) is 23.7 Å². The van der Waals surface area contributed by atoms with Crippen molar-refractivity contribution in [2.24, 2.45) is 0 Å². The molecular formula is C24H20ClIN6. The summed E-state index contributed by atoms with van der Waals surface area (Å²) in [6.07, 6.45) is 1.82. The lowest BCUT2D eigenvalue weighted by Crippen LogP contribution is -2.15. The van der Waals surface area contributed by atoms with E-state index in [-0.39, 0.29) is 0 Å². The molecule has 0 atom stereocenters. The summed E-state index contributed by atoms with van der Waals surface area (Å²) in [4.78, 5) is 9.58. The first-order valence-corrected chi connectivity index (χ1v) is 12.1. The van der Waals surface area contributed by atoms with Crippen molar-refractivity contribution in [1.29, 1.82) is 0 Å². The fourth-order valence-electron chi connectivity index (χ4n) is 3.59. The Balaban J connectivity index is 1.36. The topological polar surface area (TPSA) is 78.5 Å². The van der Waals surface area contributed by atoms with Crippen molar-refractivity contribution in [3.8, 4) is 11.4 Å². The fraction of sp³-hybridized carbons (Fsp3) is 0.125. The second kappa shape index (κ2) is 9.30. The summed E-state index contributed by atoms with van der Waals surface area (Å²) in [5, 5.41) is 16.7. The summed E-state index contributed by atoms with van der Waals surface area (Å²) < 4.78 is 0.906. The molecule has 0 spiro atoms. The third-order valence-corrected chi connectivity index (χ3v) is 6.41. The number of hydrogen-bond donors (Lipinski definition) is 3. The molecule has 32 heavy (non-hydrogen) atoms. The Labute approximate surface area is 204 Å². The largest absolute Gasteiger partial charge is 0.383 e. The Morgan fingerprint density at radius 2 is 1.81 bits per heavy atom. The third kappa shape index (κ3) is 4.35. The van der Waals surface area contributed by atoms with E-state index in [9.17, 15) is 0 Å². The molecule has 0 fully saturated rings. The molecule has 3 N–H and O–H groups in total. The first-order chi connectivity index (χ1) is 15.7. The van der Waals surface area contributed by atoms with Crippen LogP contribution in [0.4, 0.5) is 11.5 Å². The van der Waals surface area contributed by atoms with E-state index >= 15 is 0 Å². The van der Waals surface area contributed by atoms with Crippen molar-refractivity contribution in [2.45, 2.75) is 4.43 Å². The Bertz CT molecular complexity index is 1400. The minimum atomic E-state index is 0.619. The SMILES string of the molecule is Clc1cc(CI)ccc1-c1nc(NCCNc2ccc3cn[nH]c3c2)c2ccccc2n1. The van der Waals surface area contributed by atoms with Gasteiger partial charge in [-0.15, -0.1) is 0 Å². The van der Waals surface area contributed by atoms with Gasteiger partial charge >= 0.3 is 0 Å². The summed E-state index contributed by atoms with van der Waals surface area (Å²) >= 11 is 8.88. The highest BCUT2D eigenvalue weighted by molar-refractivity contribution is 14.1. The Morgan fingerprint density at radius 3 is 2.69 bits per heavy atom. The first-order valence-electron chi connectivity index (χ1n) is 10.2. The Kier molecular flexibility index (Phi) is 6.09. The van der Waals surface area contributed by atoms with Gasteiger partial charge in [-0.1, -0.05) is 52.4 Å². The van der Waals surface area contributed by atoms with Gasteiger partial charge in [0.2, 0.25) is 0 Å². The number of rotatable bonds is 7. The molecule has 0 aliphatic carbocycles. The van der Waals surface area contributed by atoms with Gasteiger partial charge in [-0.3, -0.25) is 5.10 Å². The normalized spacial score (nSPS) is 11.2. The molecule has 2 aromatic heterocycles. The molecule has 8 heteroatoms. The lowest BCUT2D eigenvalue weighted by Gasteiger charge is -2.13. The van der Waals surface area contributed by atoms with Gasteiger partial charge < -0.3 is 10.6 Å². The van der Waals surface area contributed by atoms with Crippen LogP contribution in [0.2, 0.25) is 5.02 Å². The number of hydrogen-bond acceptors (Lipinski definition) is 5. The molecule has 0 saturated carbocycles. The van der Waals surface area contributed by atoms with E-state index < -0.39 is 0 Å². The van der Waals surface area contributed by atoms with E-state index in [1.165, 1.54) is 5.56 Å². The quantitative estimate of drug-likeness (QED) is 0.125. The molecule has 5 rings (SSSR count). The van der Waals surface area contributed by atoms with E-state index in [4.69, 9.17) is 21.6 Å². The van der Waals surface area contributed by atoms with Gasteiger partial charge in [0.15, 0.2) is 5.82 Å². The van der Waals surface area contributed by atoms with Gasteiger partial charge in [0.25, 0.3) is 0 Å². The number of alkyl halides is 1. The van der Waals surface area contributed by atoms with E-state index in [2.05, 4.69) is 61.6 Å². The van der Waals surface area contributed by atoms with E-state index in [1.54, 1.807) is 0 Å². The Morgan fingerprint density at radius 1 is 0.938 bits per heavy atom. The van der Waals surface area contributed by atoms with Crippen LogP contribution < -0.4 is 10.6 Å². The number of H-pyrrole nitrogens is 1. The molecule has 160 valence electrons. The molecular weight excluding hydrogens is 535 g/mol. The van der Waals surface area contributed by atoms with Crippen LogP contribution in [0.5, 0.6) is 0 Å². The first kappa shape index (κ1) is 21.0. The molecule has 0 amide bonds. The number of aromatic amines is 1. The van der Waals surface area contributed by atoms with Crippen LogP contribution in [-0.4, -0.2) is 33.3 Å². The summed E-state index contributed by atoms with van der Waals surface area (Å²) in [5.74, 6) is 1.42.